The first-order valence-corrected chi connectivity index (χ1v) is 6.01. The Morgan fingerprint density at radius 2 is 1.84 bits per heavy atom. The molecule has 0 aromatic heterocycles. The molecule has 0 aliphatic rings. The van der Waals surface area contributed by atoms with Gasteiger partial charge in [0, 0.05) is 13.0 Å². The van der Waals surface area contributed by atoms with Crippen molar-refractivity contribution in [1.29, 1.82) is 0 Å². The lowest BCUT2D eigenvalue weighted by molar-refractivity contribution is -0.141. The average Bonchev–Trinajstić information content (AvgIpc) is 2.37. The number of esters is 1. The highest BCUT2D eigenvalue weighted by molar-refractivity contribution is 5.69. The monoisotopic (exact) mass is 267 g/mol. The zero-order chi connectivity index (χ0) is 14.7. The summed E-state index contributed by atoms with van der Waals surface area (Å²) in [6, 6.07) is 9.99. The fourth-order valence-electron chi connectivity index (χ4n) is 1.40. The number of carbonyl (C=O) groups excluding carboxylic acids is 1. The van der Waals surface area contributed by atoms with Crippen molar-refractivity contribution in [3.8, 4) is 0 Å². The van der Waals surface area contributed by atoms with Crippen molar-refractivity contribution in [3.63, 3.8) is 0 Å². The number of benzene rings is 1. The lowest BCUT2D eigenvalue weighted by Gasteiger charge is -2.09. The molecule has 0 heterocycles. The van der Waals surface area contributed by atoms with E-state index in [1.165, 1.54) is 12.7 Å². The molecule has 0 fully saturated rings. The van der Waals surface area contributed by atoms with Gasteiger partial charge in [-0.1, -0.05) is 30.3 Å². The van der Waals surface area contributed by atoms with E-state index < -0.39 is 5.97 Å². The first kappa shape index (κ1) is 17.1. The molecule has 19 heavy (non-hydrogen) atoms. The van der Waals surface area contributed by atoms with Gasteiger partial charge in [0.2, 0.25) is 0 Å². The zero-order valence-corrected chi connectivity index (χ0v) is 11.3. The number of ether oxygens (including phenoxy) is 1. The summed E-state index contributed by atoms with van der Waals surface area (Å²) in [4.78, 5) is 19.9. The topological polar surface area (TPSA) is 89.6 Å². The van der Waals surface area contributed by atoms with E-state index in [4.69, 9.17) is 15.6 Å². The number of nitrogens with two attached hydrogens (primary N) is 1. The maximum Gasteiger partial charge on any atom is 0.307 e. The number of hydrogen-bond acceptors (Lipinski definition) is 4. The fraction of sp³-hybridized carbons (Fsp3) is 0.429. The molecule has 1 aromatic carbocycles. The van der Waals surface area contributed by atoms with E-state index in [1.807, 2.05) is 18.2 Å². The molecule has 0 amide bonds. The normalized spacial score (nSPS) is 10.9. The highest BCUT2D eigenvalue weighted by Crippen LogP contribution is 2.06. The Hall–Kier alpha value is -1.88. The van der Waals surface area contributed by atoms with Crippen LogP contribution in [0.1, 0.15) is 25.3 Å². The number of carboxylic acid groups (broad SMARTS) is 1. The molecule has 0 saturated heterocycles. The minimum Gasteiger partial charge on any atom is -0.481 e. The van der Waals surface area contributed by atoms with Gasteiger partial charge in [-0.3, -0.25) is 9.59 Å². The number of hydrogen-bond donors (Lipinski definition) is 2. The van der Waals surface area contributed by atoms with Crippen molar-refractivity contribution in [1.82, 2.24) is 0 Å². The lowest BCUT2D eigenvalue weighted by Crippen LogP contribution is -2.25. The maximum absolute atomic E-state index is 10.9. The Morgan fingerprint density at radius 1 is 1.32 bits per heavy atom. The second-order valence-corrected chi connectivity index (χ2v) is 4.08. The van der Waals surface area contributed by atoms with Crippen LogP contribution in [0.2, 0.25) is 0 Å². The molecule has 1 unspecified atom stereocenters. The summed E-state index contributed by atoms with van der Waals surface area (Å²) in [5.41, 5.74) is 7.05. The van der Waals surface area contributed by atoms with Crippen molar-refractivity contribution < 1.29 is 19.4 Å². The summed E-state index contributed by atoms with van der Waals surface area (Å²) in [6.07, 6.45) is 2.00. The predicted molar refractivity (Wildman–Crippen MR) is 72.7 cm³/mol. The Morgan fingerprint density at radius 3 is 2.32 bits per heavy atom. The minimum absolute atomic E-state index is 0.113. The third-order valence-corrected chi connectivity index (χ3v) is 2.30. The third kappa shape index (κ3) is 11.0. The highest BCUT2D eigenvalue weighted by atomic mass is 16.5. The summed E-state index contributed by atoms with van der Waals surface area (Å²) >= 11 is 0. The SMILES string of the molecule is CC(=O)O.COC(=O)CC(N)CCc1ccccc1. The Labute approximate surface area is 113 Å². The second-order valence-electron chi connectivity index (χ2n) is 4.08. The van der Waals surface area contributed by atoms with Gasteiger partial charge < -0.3 is 15.6 Å². The van der Waals surface area contributed by atoms with Crippen LogP contribution in [0.15, 0.2) is 30.3 Å². The first-order chi connectivity index (χ1) is 8.95. The van der Waals surface area contributed by atoms with Gasteiger partial charge in [0.15, 0.2) is 0 Å². The summed E-state index contributed by atoms with van der Waals surface area (Å²) < 4.78 is 4.55. The molecule has 0 spiro atoms. The molecule has 0 bridgehead atoms. The first-order valence-electron chi connectivity index (χ1n) is 6.01. The molecular weight excluding hydrogens is 246 g/mol. The molecule has 5 heteroatoms. The number of methoxy groups -OCH3 is 1. The summed E-state index contributed by atoms with van der Waals surface area (Å²) in [5.74, 6) is -1.07. The van der Waals surface area contributed by atoms with Crippen LogP contribution < -0.4 is 5.73 Å². The zero-order valence-electron chi connectivity index (χ0n) is 11.3. The molecule has 106 valence electrons. The number of carbonyl (C=O) groups is 2. The van der Waals surface area contributed by atoms with Crippen molar-refractivity contribution in [2.45, 2.75) is 32.2 Å². The number of aryl methyl sites for hydroxylation is 1. The van der Waals surface area contributed by atoms with E-state index in [1.54, 1.807) is 0 Å². The predicted octanol–water partition coefficient (Wildman–Crippen LogP) is 1.60. The van der Waals surface area contributed by atoms with Crippen LogP contribution in [0.3, 0.4) is 0 Å². The summed E-state index contributed by atoms with van der Waals surface area (Å²) in [5, 5.41) is 7.42. The molecule has 0 aliphatic carbocycles. The Kier molecular flexibility index (Phi) is 9.08. The summed E-state index contributed by atoms with van der Waals surface area (Å²) in [6.45, 7) is 1.08. The molecule has 1 aromatic rings. The van der Waals surface area contributed by atoms with E-state index in [-0.39, 0.29) is 12.0 Å². The largest absolute Gasteiger partial charge is 0.481 e. The van der Waals surface area contributed by atoms with Gasteiger partial charge in [-0.05, 0) is 18.4 Å². The minimum atomic E-state index is -0.833. The molecular formula is C14H21NO4. The van der Waals surface area contributed by atoms with E-state index in [0.29, 0.717) is 6.42 Å². The van der Waals surface area contributed by atoms with E-state index in [0.717, 1.165) is 19.8 Å². The van der Waals surface area contributed by atoms with Crippen LogP contribution >= 0.6 is 0 Å². The summed E-state index contributed by atoms with van der Waals surface area (Å²) in [7, 11) is 1.38. The standard InChI is InChI=1S/C12H17NO2.C2H4O2/c1-15-12(14)9-11(13)8-7-10-5-3-2-4-6-10;1-2(3)4/h2-6,11H,7-9,13H2,1H3;1H3,(H,3,4). The van der Waals surface area contributed by atoms with Gasteiger partial charge in [0.05, 0.1) is 13.5 Å². The van der Waals surface area contributed by atoms with Gasteiger partial charge >= 0.3 is 5.97 Å². The van der Waals surface area contributed by atoms with Crippen LogP contribution in [0.4, 0.5) is 0 Å². The Bertz CT molecular complexity index is 374. The van der Waals surface area contributed by atoms with Gasteiger partial charge in [0.25, 0.3) is 5.97 Å². The highest BCUT2D eigenvalue weighted by Gasteiger charge is 2.09. The average molecular weight is 267 g/mol. The number of aliphatic carboxylic acids is 1. The van der Waals surface area contributed by atoms with Gasteiger partial charge in [-0.25, -0.2) is 0 Å². The molecule has 0 saturated carbocycles. The van der Waals surface area contributed by atoms with Crippen LogP contribution in [-0.2, 0) is 20.7 Å². The molecule has 1 rings (SSSR count). The van der Waals surface area contributed by atoms with Crippen molar-refractivity contribution in [2.75, 3.05) is 7.11 Å². The van der Waals surface area contributed by atoms with E-state index in [9.17, 15) is 4.79 Å². The van der Waals surface area contributed by atoms with Gasteiger partial charge in [-0.2, -0.15) is 0 Å². The van der Waals surface area contributed by atoms with E-state index >= 15 is 0 Å². The molecule has 0 aliphatic heterocycles. The quantitative estimate of drug-likeness (QED) is 0.791. The third-order valence-electron chi connectivity index (χ3n) is 2.30. The smallest absolute Gasteiger partial charge is 0.307 e. The van der Waals surface area contributed by atoms with Crippen LogP contribution in [0.5, 0.6) is 0 Å². The molecule has 3 N–H and O–H groups in total. The Balaban J connectivity index is 0.000000711. The second kappa shape index (κ2) is 10.1. The van der Waals surface area contributed by atoms with Crippen molar-refractivity contribution in [2.24, 2.45) is 5.73 Å². The van der Waals surface area contributed by atoms with E-state index in [2.05, 4.69) is 16.9 Å². The van der Waals surface area contributed by atoms with Crippen molar-refractivity contribution >= 4 is 11.9 Å². The molecule has 5 nitrogen and oxygen atoms in total. The van der Waals surface area contributed by atoms with Gasteiger partial charge in [0.1, 0.15) is 0 Å². The number of carboxylic acids is 1. The molecule has 1 atom stereocenters. The van der Waals surface area contributed by atoms with Crippen molar-refractivity contribution in [3.05, 3.63) is 35.9 Å². The maximum atomic E-state index is 10.9. The fourth-order valence-corrected chi connectivity index (χ4v) is 1.40. The van der Waals surface area contributed by atoms with Gasteiger partial charge in [-0.15, -0.1) is 0 Å². The lowest BCUT2D eigenvalue weighted by atomic mass is 10.0. The number of rotatable bonds is 5. The van der Waals surface area contributed by atoms with Crippen LogP contribution in [0.25, 0.3) is 0 Å². The van der Waals surface area contributed by atoms with Crippen LogP contribution in [0, 0.1) is 0 Å². The molecule has 0 radical (unpaired) electrons. The van der Waals surface area contributed by atoms with Crippen LogP contribution in [-0.4, -0.2) is 30.2 Å².